The van der Waals surface area contributed by atoms with Gasteiger partial charge in [-0.2, -0.15) is 4.31 Å². The fraction of sp³-hybridized carbons (Fsp3) is 0.304. The van der Waals surface area contributed by atoms with E-state index in [-0.39, 0.29) is 0 Å². The summed E-state index contributed by atoms with van der Waals surface area (Å²) in [7, 11) is -3.47. The molecule has 156 valence electrons. The predicted octanol–water partition coefficient (Wildman–Crippen LogP) is 3.53. The highest BCUT2D eigenvalue weighted by Crippen LogP contribution is 2.22. The van der Waals surface area contributed by atoms with Crippen LogP contribution < -0.4 is 4.90 Å². The Morgan fingerprint density at radius 3 is 2.07 bits per heavy atom. The Hall–Kier alpha value is -2.77. The van der Waals surface area contributed by atoms with E-state index in [1.807, 2.05) is 36.4 Å². The Kier molecular flexibility index (Phi) is 5.83. The number of hydrogen-bond donors (Lipinski definition) is 0. The van der Waals surface area contributed by atoms with Gasteiger partial charge in [0.15, 0.2) is 5.82 Å². The lowest BCUT2D eigenvalue weighted by Crippen LogP contribution is -2.49. The molecule has 0 radical (unpaired) electrons. The quantitative estimate of drug-likeness (QED) is 0.629. The van der Waals surface area contributed by atoms with Crippen LogP contribution in [0.2, 0.25) is 0 Å². The van der Waals surface area contributed by atoms with Gasteiger partial charge in [0.25, 0.3) is 0 Å². The first-order chi connectivity index (χ1) is 14.5. The lowest BCUT2D eigenvalue weighted by atomic mass is 10.1. The molecule has 0 spiro atoms. The van der Waals surface area contributed by atoms with Gasteiger partial charge in [0, 0.05) is 31.7 Å². The van der Waals surface area contributed by atoms with Crippen LogP contribution in [0.5, 0.6) is 0 Å². The van der Waals surface area contributed by atoms with E-state index >= 15 is 0 Å². The number of piperazine rings is 1. The Bertz CT molecular complexity index is 1090. The first-order valence-electron chi connectivity index (χ1n) is 10.2. The van der Waals surface area contributed by atoms with Crippen LogP contribution in [0.25, 0.3) is 11.3 Å². The molecule has 3 aromatic rings. The Morgan fingerprint density at radius 1 is 0.833 bits per heavy atom. The first kappa shape index (κ1) is 20.5. The topological polar surface area (TPSA) is 66.4 Å². The maximum atomic E-state index is 12.9. The summed E-state index contributed by atoms with van der Waals surface area (Å²) in [6, 6.07) is 19.3. The van der Waals surface area contributed by atoms with Crippen LogP contribution in [0.1, 0.15) is 18.1 Å². The van der Waals surface area contributed by atoms with E-state index < -0.39 is 10.0 Å². The summed E-state index contributed by atoms with van der Waals surface area (Å²) in [5, 5.41) is 8.74. The monoisotopic (exact) mass is 422 g/mol. The third-order valence-corrected chi connectivity index (χ3v) is 7.44. The fourth-order valence-corrected chi connectivity index (χ4v) is 5.00. The Labute approximate surface area is 178 Å². The molecule has 7 heteroatoms. The summed E-state index contributed by atoms with van der Waals surface area (Å²) in [5.41, 5.74) is 4.20. The van der Waals surface area contributed by atoms with Crippen LogP contribution in [-0.4, -0.2) is 49.1 Å². The summed E-state index contributed by atoms with van der Waals surface area (Å²) in [5.74, 6) is 0.773. The molecular weight excluding hydrogens is 396 g/mol. The molecule has 2 heterocycles. The molecule has 1 aliphatic rings. The Balaban J connectivity index is 1.42. The van der Waals surface area contributed by atoms with Crippen molar-refractivity contribution < 1.29 is 8.42 Å². The Morgan fingerprint density at radius 2 is 1.50 bits per heavy atom. The maximum absolute atomic E-state index is 12.9. The van der Waals surface area contributed by atoms with Crippen molar-refractivity contribution in [1.29, 1.82) is 0 Å². The molecule has 6 nitrogen and oxygen atoms in total. The zero-order valence-electron chi connectivity index (χ0n) is 17.3. The van der Waals surface area contributed by atoms with Crippen LogP contribution in [0, 0.1) is 6.92 Å². The molecule has 1 fully saturated rings. The largest absolute Gasteiger partial charge is 0.352 e. The molecule has 0 atom stereocenters. The van der Waals surface area contributed by atoms with E-state index in [9.17, 15) is 8.42 Å². The van der Waals surface area contributed by atoms with E-state index in [2.05, 4.69) is 41.1 Å². The van der Waals surface area contributed by atoms with E-state index in [1.165, 1.54) is 5.56 Å². The van der Waals surface area contributed by atoms with E-state index in [1.54, 1.807) is 16.4 Å². The van der Waals surface area contributed by atoms with Gasteiger partial charge in [-0.25, -0.2) is 8.42 Å². The number of aromatic nitrogens is 2. The summed E-state index contributed by atoms with van der Waals surface area (Å²) in [6.45, 7) is 6.14. The summed E-state index contributed by atoms with van der Waals surface area (Å²) >= 11 is 0. The van der Waals surface area contributed by atoms with Gasteiger partial charge in [0.2, 0.25) is 10.0 Å². The van der Waals surface area contributed by atoms with Crippen molar-refractivity contribution in [3.05, 3.63) is 71.8 Å². The highest BCUT2D eigenvalue weighted by atomic mass is 32.2. The average molecular weight is 423 g/mol. The van der Waals surface area contributed by atoms with Gasteiger partial charge in [0.05, 0.1) is 10.6 Å². The second-order valence-electron chi connectivity index (χ2n) is 7.53. The van der Waals surface area contributed by atoms with Crippen molar-refractivity contribution in [1.82, 2.24) is 14.5 Å². The summed E-state index contributed by atoms with van der Waals surface area (Å²) in [4.78, 5) is 2.44. The molecule has 2 aromatic carbocycles. The standard InChI is InChI=1S/C23H26N4O2S/c1-3-19-6-10-21(11-7-19)30(28,29)27-16-14-26(15-17-27)23-13-12-22(24-25-23)20-8-4-18(2)5-9-20/h4-13H,3,14-17H2,1-2H3. The highest BCUT2D eigenvalue weighted by molar-refractivity contribution is 7.89. The summed E-state index contributed by atoms with van der Waals surface area (Å²) < 4.78 is 27.4. The minimum absolute atomic E-state index is 0.357. The van der Waals surface area contributed by atoms with Crippen molar-refractivity contribution in [2.75, 3.05) is 31.1 Å². The molecule has 1 saturated heterocycles. The molecule has 0 N–H and O–H groups in total. The van der Waals surface area contributed by atoms with Gasteiger partial charge in [-0.1, -0.05) is 48.9 Å². The molecule has 0 saturated carbocycles. The lowest BCUT2D eigenvalue weighted by Gasteiger charge is -2.34. The molecule has 1 aromatic heterocycles. The smallest absolute Gasteiger partial charge is 0.243 e. The molecule has 0 bridgehead atoms. The van der Waals surface area contributed by atoms with Gasteiger partial charge in [0.1, 0.15) is 0 Å². The maximum Gasteiger partial charge on any atom is 0.243 e. The second kappa shape index (κ2) is 8.53. The molecule has 0 amide bonds. The minimum atomic E-state index is -3.47. The van der Waals surface area contributed by atoms with Gasteiger partial charge in [-0.3, -0.25) is 0 Å². The first-order valence-corrected chi connectivity index (χ1v) is 11.7. The van der Waals surface area contributed by atoms with Crippen LogP contribution in [-0.2, 0) is 16.4 Å². The molecule has 0 unspecified atom stereocenters. The predicted molar refractivity (Wildman–Crippen MR) is 119 cm³/mol. The number of aryl methyl sites for hydroxylation is 2. The molecule has 4 rings (SSSR count). The molecule has 1 aliphatic heterocycles. The number of rotatable bonds is 5. The van der Waals surface area contributed by atoms with E-state index in [4.69, 9.17) is 0 Å². The molecular formula is C23H26N4O2S. The van der Waals surface area contributed by atoms with Crippen molar-refractivity contribution in [2.45, 2.75) is 25.2 Å². The third kappa shape index (κ3) is 4.22. The zero-order chi connectivity index (χ0) is 21.1. The van der Waals surface area contributed by atoms with E-state index in [0.717, 1.165) is 29.1 Å². The number of nitrogens with zero attached hydrogens (tertiary/aromatic N) is 4. The number of anilines is 1. The summed E-state index contributed by atoms with van der Waals surface area (Å²) in [6.07, 6.45) is 0.892. The number of hydrogen-bond acceptors (Lipinski definition) is 5. The van der Waals surface area contributed by atoms with Crippen LogP contribution in [0.3, 0.4) is 0 Å². The van der Waals surface area contributed by atoms with Crippen LogP contribution >= 0.6 is 0 Å². The fourth-order valence-electron chi connectivity index (χ4n) is 3.58. The van der Waals surface area contributed by atoms with Crippen molar-refractivity contribution in [3.8, 4) is 11.3 Å². The zero-order valence-corrected chi connectivity index (χ0v) is 18.1. The van der Waals surface area contributed by atoms with Crippen molar-refractivity contribution in [2.24, 2.45) is 0 Å². The lowest BCUT2D eigenvalue weighted by molar-refractivity contribution is 0.383. The van der Waals surface area contributed by atoms with Crippen molar-refractivity contribution in [3.63, 3.8) is 0 Å². The number of sulfonamides is 1. The van der Waals surface area contributed by atoms with Gasteiger partial charge >= 0.3 is 0 Å². The molecule has 30 heavy (non-hydrogen) atoms. The SMILES string of the molecule is CCc1ccc(S(=O)(=O)N2CCN(c3ccc(-c4ccc(C)cc4)nn3)CC2)cc1. The second-order valence-corrected chi connectivity index (χ2v) is 9.47. The number of benzene rings is 2. The highest BCUT2D eigenvalue weighted by Gasteiger charge is 2.29. The third-order valence-electron chi connectivity index (χ3n) is 5.53. The van der Waals surface area contributed by atoms with E-state index in [0.29, 0.717) is 31.1 Å². The molecule has 0 aliphatic carbocycles. The normalized spacial score (nSPS) is 15.3. The minimum Gasteiger partial charge on any atom is -0.352 e. The van der Waals surface area contributed by atoms with Gasteiger partial charge in [-0.15, -0.1) is 10.2 Å². The van der Waals surface area contributed by atoms with Crippen LogP contribution in [0.15, 0.2) is 65.6 Å². The van der Waals surface area contributed by atoms with Crippen molar-refractivity contribution >= 4 is 15.8 Å². The average Bonchev–Trinajstić information content (AvgIpc) is 2.80. The van der Waals surface area contributed by atoms with Gasteiger partial charge < -0.3 is 4.90 Å². The van der Waals surface area contributed by atoms with Gasteiger partial charge in [-0.05, 0) is 43.2 Å². The van der Waals surface area contributed by atoms with Crippen LogP contribution in [0.4, 0.5) is 5.82 Å².